The molecule has 94 valence electrons. The van der Waals surface area contributed by atoms with Gasteiger partial charge in [0.1, 0.15) is 12.4 Å². The normalized spacial score (nSPS) is 13.1. The van der Waals surface area contributed by atoms with Crippen LogP contribution in [0, 0.1) is 0 Å². The average molecular weight is 234 g/mol. The van der Waals surface area contributed by atoms with Crippen molar-refractivity contribution in [1.82, 2.24) is 4.90 Å². The first-order chi connectivity index (χ1) is 8.29. The lowest BCUT2D eigenvalue weighted by Gasteiger charge is -2.11. The van der Waals surface area contributed by atoms with Gasteiger partial charge in [-0.2, -0.15) is 0 Å². The molecule has 17 heavy (non-hydrogen) atoms. The third-order valence-corrected chi connectivity index (χ3v) is 2.09. The smallest absolute Gasteiger partial charge is 0.249 e. The number of hydrogen-bond donors (Lipinski definition) is 0. The quantitative estimate of drug-likeness (QED) is 0.735. The summed E-state index contributed by atoms with van der Waals surface area (Å²) < 4.78 is 0. The van der Waals surface area contributed by atoms with E-state index >= 15 is 0 Å². The molecule has 1 amide bonds. The predicted molar refractivity (Wildman–Crippen MR) is 73.3 cm³/mol. The Bertz CT molecular complexity index is 358. The summed E-state index contributed by atoms with van der Waals surface area (Å²) in [6, 6.07) is 9.73. The van der Waals surface area contributed by atoms with Gasteiger partial charge in [-0.15, -0.1) is 0 Å². The molecular formula is C14H22N2O. The molecule has 1 heterocycles. The van der Waals surface area contributed by atoms with E-state index in [0.29, 0.717) is 0 Å². The highest BCUT2D eigenvalue weighted by Gasteiger charge is 2.21. The van der Waals surface area contributed by atoms with Crippen molar-refractivity contribution in [3.05, 3.63) is 35.9 Å². The van der Waals surface area contributed by atoms with Crippen LogP contribution in [0.15, 0.2) is 35.3 Å². The van der Waals surface area contributed by atoms with Crippen LogP contribution in [0.3, 0.4) is 0 Å². The highest BCUT2D eigenvalue weighted by Crippen LogP contribution is 2.09. The largest absolute Gasteiger partial charge is 0.298 e. The summed E-state index contributed by atoms with van der Waals surface area (Å²) >= 11 is 0. The molecule has 1 aromatic rings. The van der Waals surface area contributed by atoms with Crippen molar-refractivity contribution in [2.45, 2.75) is 27.7 Å². The van der Waals surface area contributed by atoms with E-state index in [1.165, 1.54) is 0 Å². The van der Waals surface area contributed by atoms with Crippen molar-refractivity contribution in [3.63, 3.8) is 0 Å². The highest BCUT2D eigenvalue weighted by molar-refractivity contribution is 6.12. The molecule has 2 rings (SSSR count). The van der Waals surface area contributed by atoms with Crippen LogP contribution in [0.25, 0.3) is 0 Å². The van der Waals surface area contributed by atoms with Gasteiger partial charge in [0.05, 0.1) is 0 Å². The lowest BCUT2D eigenvalue weighted by atomic mass is 10.2. The van der Waals surface area contributed by atoms with E-state index in [0.717, 1.165) is 11.4 Å². The van der Waals surface area contributed by atoms with Crippen molar-refractivity contribution in [2.24, 2.45) is 4.99 Å². The Hall–Kier alpha value is -1.64. The minimum atomic E-state index is 0.0545. The zero-order valence-electron chi connectivity index (χ0n) is 11.4. The summed E-state index contributed by atoms with van der Waals surface area (Å²) in [5.41, 5.74) is 0.996. The minimum Gasteiger partial charge on any atom is -0.298 e. The van der Waals surface area contributed by atoms with Crippen LogP contribution in [0.1, 0.15) is 33.3 Å². The number of aliphatic imine (C=N–C) groups is 1. The van der Waals surface area contributed by atoms with Gasteiger partial charge in [-0.3, -0.25) is 14.7 Å². The first-order valence-electron chi connectivity index (χ1n) is 6.15. The van der Waals surface area contributed by atoms with Gasteiger partial charge in [-0.25, -0.2) is 0 Å². The molecule has 0 atom stereocenters. The van der Waals surface area contributed by atoms with Crippen LogP contribution in [0.2, 0.25) is 0 Å². The van der Waals surface area contributed by atoms with Gasteiger partial charge >= 0.3 is 0 Å². The third-order valence-electron chi connectivity index (χ3n) is 2.09. The van der Waals surface area contributed by atoms with Crippen LogP contribution >= 0.6 is 0 Å². The van der Waals surface area contributed by atoms with E-state index in [4.69, 9.17) is 0 Å². The maximum Gasteiger partial charge on any atom is 0.249 e. The molecule has 1 aliphatic heterocycles. The Labute approximate surface area is 104 Å². The topological polar surface area (TPSA) is 32.7 Å². The van der Waals surface area contributed by atoms with E-state index < -0.39 is 0 Å². The number of rotatable bonds is 1. The Kier molecular flexibility index (Phi) is 7.68. The van der Waals surface area contributed by atoms with Crippen LogP contribution in [-0.4, -0.2) is 30.2 Å². The number of nitrogens with zero attached hydrogens (tertiary/aromatic N) is 2. The number of benzene rings is 1. The molecule has 0 aromatic heterocycles. The molecule has 0 bridgehead atoms. The summed E-state index contributed by atoms with van der Waals surface area (Å²) in [6.45, 7) is 8.28. The standard InChI is InChI=1S/C10H10N2O.2C2H6/c1-12-9(13)7-11-10(12)8-5-3-2-4-6-8;2*1-2/h2-6H,7H2,1H3;2*1-2H3. The molecule has 1 aliphatic rings. The summed E-state index contributed by atoms with van der Waals surface area (Å²) in [4.78, 5) is 16.9. The van der Waals surface area contributed by atoms with E-state index in [9.17, 15) is 4.79 Å². The van der Waals surface area contributed by atoms with E-state index in [1.807, 2.05) is 58.0 Å². The van der Waals surface area contributed by atoms with Gasteiger partial charge in [-0.05, 0) is 0 Å². The third kappa shape index (κ3) is 4.02. The molecule has 0 saturated carbocycles. The molecule has 3 heteroatoms. The molecule has 0 radical (unpaired) electrons. The molecular weight excluding hydrogens is 212 g/mol. The molecule has 0 aliphatic carbocycles. The summed E-state index contributed by atoms with van der Waals surface area (Å²) in [5, 5.41) is 0. The minimum absolute atomic E-state index is 0.0545. The van der Waals surface area contributed by atoms with E-state index in [2.05, 4.69) is 4.99 Å². The van der Waals surface area contributed by atoms with E-state index in [-0.39, 0.29) is 12.5 Å². The molecule has 0 spiro atoms. The maximum atomic E-state index is 11.2. The first kappa shape index (κ1) is 15.4. The van der Waals surface area contributed by atoms with Crippen LogP contribution in [0.5, 0.6) is 0 Å². The number of carbonyl (C=O) groups is 1. The Morgan fingerprint density at radius 1 is 1.06 bits per heavy atom. The van der Waals surface area contributed by atoms with Gasteiger partial charge in [0, 0.05) is 12.6 Å². The first-order valence-corrected chi connectivity index (χ1v) is 6.15. The second-order valence-corrected chi connectivity index (χ2v) is 2.96. The van der Waals surface area contributed by atoms with Gasteiger partial charge in [0.2, 0.25) is 5.91 Å². The summed E-state index contributed by atoms with van der Waals surface area (Å²) in [7, 11) is 1.75. The summed E-state index contributed by atoms with van der Waals surface area (Å²) in [6.07, 6.45) is 0. The fourth-order valence-electron chi connectivity index (χ4n) is 1.34. The van der Waals surface area contributed by atoms with Gasteiger partial charge < -0.3 is 0 Å². The van der Waals surface area contributed by atoms with Crippen LogP contribution in [0.4, 0.5) is 0 Å². The SMILES string of the molecule is CC.CC.CN1C(=O)CN=C1c1ccccc1. The monoisotopic (exact) mass is 234 g/mol. The molecule has 0 unspecified atom stereocenters. The zero-order valence-corrected chi connectivity index (χ0v) is 11.4. The van der Waals surface area contributed by atoms with Gasteiger partial charge in [-0.1, -0.05) is 58.0 Å². The van der Waals surface area contributed by atoms with Crippen LogP contribution in [-0.2, 0) is 4.79 Å². The number of hydrogen-bond acceptors (Lipinski definition) is 2. The zero-order chi connectivity index (χ0) is 13.3. The second kappa shape index (κ2) is 8.50. The Morgan fingerprint density at radius 3 is 2.00 bits per heavy atom. The van der Waals surface area contributed by atoms with Crippen molar-refractivity contribution >= 4 is 11.7 Å². The fraction of sp³-hybridized carbons (Fsp3) is 0.429. The number of amides is 1. The highest BCUT2D eigenvalue weighted by atomic mass is 16.2. The molecule has 0 N–H and O–H groups in total. The van der Waals surface area contributed by atoms with Crippen molar-refractivity contribution in [2.75, 3.05) is 13.6 Å². The summed E-state index contributed by atoms with van der Waals surface area (Å²) in [5.74, 6) is 0.824. The Balaban J connectivity index is 0.000000581. The molecule has 0 saturated heterocycles. The Morgan fingerprint density at radius 2 is 1.59 bits per heavy atom. The average Bonchev–Trinajstić information content (AvgIpc) is 2.76. The predicted octanol–water partition coefficient (Wildman–Crippen LogP) is 2.96. The number of carbonyl (C=O) groups excluding carboxylic acids is 1. The lowest BCUT2D eigenvalue weighted by Crippen LogP contribution is -2.28. The van der Waals surface area contributed by atoms with E-state index in [1.54, 1.807) is 11.9 Å². The van der Waals surface area contributed by atoms with Crippen molar-refractivity contribution < 1.29 is 4.79 Å². The van der Waals surface area contributed by atoms with Crippen molar-refractivity contribution in [1.29, 1.82) is 0 Å². The number of likely N-dealkylation sites (N-methyl/N-ethyl adjacent to an activating group) is 1. The van der Waals surface area contributed by atoms with Gasteiger partial charge in [0.15, 0.2) is 0 Å². The molecule has 1 aromatic carbocycles. The maximum absolute atomic E-state index is 11.2. The van der Waals surface area contributed by atoms with Crippen LogP contribution < -0.4 is 0 Å². The lowest BCUT2D eigenvalue weighted by molar-refractivity contribution is -0.123. The molecule has 3 nitrogen and oxygen atoms in total. The fourth-order valence-corrected chi connectivity index (χ4v) is 1.34. The number of amidine groups is 1. The van der Waals surface area contributed by atoms with Crippen molar-refractivity contribution in [3.8, 4) is 0 Å². The van der Waals surface area contributed by atoms with Gasteiger partial charge in [0.25, 0.3) is 0 Å². The molecule has 0 fully saturated rings. The second-order valence-electron chi connectivity index (χ2n) is 2.96.